The van der Waals surface area contributed by atoms with Gasteiger partial charge in [0.25, 0.3) is 0 Å². The molecule has 2 N–H and O–H groups in total. The molecule has 0 heterocycles. The van der Waals surface area contributed by atoms with Crippen LogP contribution in [0.15, 0.2) is 36.4 Å². The summed E-state index contributed by atoms with van der Waals surface area (Å²) in [5.74, 6) is 1.50. The van der Waals surface area contributed by atoms with Crippen molar-refractivity contribution in [2.75, 3.05) is 0 Å². The van der Waals surface area contributed by atoms with Crippen molar-refractivity contribution in [3.8, 4) is 0 Å². The standard InChI is InChI=1S/C45H66ClNO5/c1-28(2)30-16-21-45(24-36(48)47-27-29-12-10-11-13-32(29)46)23-22-43(8)31(39(30)45)14-15-34-42(7)19-18-35(41(5,6)33(42)17-20-44(34,43)9)52-38(51)26-40(3,4)25-37(49)50/h10-13,30-31,33-35,39H,1,14-27H2,2-9H3,(H,47,48)(H,49,50)/t30-,31+,33-,34+,35-,39+,42-,43+,44+,45+/m0/s1. The average Bonchev–Trinajstić information content (AvgIpc) is 3.41. The summed E-state index contributed by atoms with van der Waals surface area (Å²) in [6.45, 7) is 23.4. The summed E-state index contributed by atoms with van der Waals surface area (Å²) in [4.78, 5) is 38.4. The zero-order valence-corrected chi connectivity index (χ0v) is 34.1. The van der Waals surface area contributed by atoms with E-state index in [9.17, 15) is 19.5 Å². The van der Waals surface area contributed by atoms with Gasteiger partial charge < -0.3 is 15.2 Å². The third-order valence-corrected chi connectivity index (χ3v) is 17.0. The van der Waals surface area contributed by atoms with Crippen LogP contribution in [0.5, 0.6) is 0 Å². The van der Waals surface area contributed by atoms with E-state index < -0.39 is 11.4 Å². The molecule has 0 aromatic heterocycles. The first-order valence-electron chi connectivity index (χ1n) is 20.3. The SMILES string of the molecule is C=C(C)[C@@H]1CC[C@]2(CC(=O)NCc3ccccc3Cl)CC[C@]3(C)[C@H](CC[C@@H]4[C@@]5(C)CC[C@H](OC(=O)CC(C)(C)CC(=O)O)C(C)(C)[C@@H]5CC[C@]43C)[C@@H]12. The monoisotopic (exact) mass is 735 g/mol. The largest absolute Gasteiger partial charge is 0.481 e. The highest BCUT2D eigenvalue weighted by molar-refractivity contribution is 6.31. The van der Waals surface area contributed by atoms with Gasteiger partial charge >= 0.3 is 11.9 Å². The molecule has 7 heteroatoms. The molecular weight excluding hydrogens is 670 g/mol. The van der Waals surface area contributed by atoms with Gasteiger partial charge in [0.2, 0.25) is 5.91 Å². The van der Waals surface area contributed by atoms with Gasteiger partial charge in [0.1, 0.15) is 6.10 Å². The lowest BCUT2D eigenvalue weighted by atomic mass is 9.32. The summed E-state index contributed by atoms with van der Waals surface area (Å²) < 4.78 is 6.28. The Kier molecular flexibility index (Phi) is 10.4. The Hall–Kier alpha value is -2.34. The number of aliphatic carboxylic acids is 1. The van der Waals surface area contributed by atoms with Gasteiger partial charge in [-0.05, 0) is 139 Å². The molecule has 1 amide bonds. The molecule has 1 aromatic rings. The van der Waals surface area contributed by atoms with Crippen molar-refractivity contribution in [3.05, 3.63) is 47.0 Å². The fraction of sp³-hybridized carbons (Fsp3) is 0.756. The minimum absolute atomic E-state index is 0.00557. The average molecular weight is 736 g/mol. The highest BCUT2D eigenvalue weighted by Crippen LogP contribution is 2.78. The minimum atomic E-state index is -0.887. The van der Waals surface area contributed by atoms with Crippen LogP contribution in [0, 0.1) is 62.1 Å². The van der Waals surface area contributed by atoms with Crippen LogP contribution < -0.4 is 5.32 Å². The molecule has 6 rings (SSSR count). The third kappa shape index (κ3) is 6.57. The van der Waals surface area contributed by atoms with E-state index in [1.54, 1.807) is 0 Å². The highest BCUT2D eigenvalue weighted by atomic mass is 35.5. The van der Waals surface area contributed by atoms with Gasteiger partial charge in [-0.2, -0.15) is 0 Å². The number of ether oxygens (including phenoxy) is 1. The second-order valence-corrected chi connectivity index (χ2v) is 20.8. The van der Waals surface area contributed by atoms with Gasteiger partial charge in [0.05, 0.1) is 12.8 Å². The predicted molar refractivity (Wildman–Crippen MR) is 207 cm³/mol. The van der Waals surface area contributed by atoms with Crippen molar-refractivity contribution in [2.24, 2.45) is 62.1 Å². The van der Waals surface area contributed by atoms with Crippen LogP contribution in [0.25, 0.3) is 0 Å². The molecule has 0 saturated heterocycles. The van der Waals surface area contributed by atoms with Crippen molar-refractivity contribution >= 4 is 29.4 Å². The first-order chi connectivity index (χ1) is 24.2. The predicted octanol–water partition coefficient (Wildman–Crippen LogP) is 10.8. The van der Waals surface area contributed by atoms with E-state index in [1.165, 1.54) is 31.3 Å². The maximum absolute atomic E-state index is 13.8. The molecule has 6 nitrogen and oxygen atoms in total. The number of allylic oxidation sites excluding steroid dienone is 1. The summed E-state index contributed by atoms with van der Waals surface area (Å²) in [6.07, 6.45) is 11.6. The number of carboxylic acids is 1. The summed E-state index contributed by atoms with van der Waals surface area (Å²) in [5, 5.41) is 13.3. The number of hydrogen-bond donors (Lipinski definition) is 2. The Balaban J connectivity index is 1.21. The number of carbonyl (C=O) groups is 3. The lowest BCUT2D eigenvalue weighted by Crippen LogP contribution is -2.67. The van der Waals surface area contributed by atoms with Crippen molar-refractivity contribution in [1.82, 2.24) is 5.32 Å². The summed E-state index contributed by atoms with van der Waals surface area (Å²) in [6, 6.07) is 7.77. The second-order valence-electron chi connectivity index (χ2n) is 20.3. The fourth-order valence-corrected chi connectivity index (χ4v) is 14.3. The Bertz CT molecular complexity index is 1580. The maximum atomic E-state index is 13.8. The molecule has 5 aliphatic rings. The number of carbonyl (C=O) groups excluding carboxylic acids is 2. The smallest absolute Gasteiger partial charge is 0.306 e. The molecule has 10 atom stereocenters. The Morgan fingerprint density at radius 2 is 1.62 bits per heavy atom. The lowest BCUT2D eigenvalue weighted by molar-refractivity contribution is -0.250. The quantitative estimate of drug-likeness (QED) is 0.184. The van der Waals surface area contributed by atoms with Crippen LogP contribution >= 0.6 is 11.6 Å². The highest BCUT2D eigenvalue weighted by Gasteiger charge is 2.71. The molecule has 0 spiro atoms. The van der Waals surface area contributed by atoms with Crippen LogP contribution in [0.1, 0.15) is 144 Å². The number of nitrogens with one attached hydrogen (secondary N) is 1. The topological polar surface area (TPSA) is 92.7 Å². The Morgan fingerprint density at radius 1 is 0.904 bits per heavy atom. The molecule has 5 fully saturated rings. The van der Waals surface area contributed by atoms with Crippen LogP contribution in [0.4, 0.5) is 0 Å². The third-order valence-electron chi connectivity index (χ3n) is 16.7. The molecule has 1 aromatic carbocycles. The molecule has 0 unspecified atom stereocenters. The lowest BCUT2D eigenvalue weighted by Gasteiger charge is -2.73. The molecule has 0 radical (unpaired) electrons. The first-order valence-corrected chi connectivity index (χ1v) is 20.6. The maximum Gasteiger partial charge on any atom is 0.306 e. The Labute approximate surface area is 318 Å². The van der Waals surface area contributed by atoms with Gasteiger partial charge in [-0.3, -0.25) is 14.4 Å². The van der Waals surface area contributed by atoms with Crippen molar-refractivity contribution in [1.29, 1.82) is 0 Å². The zero-order chi connectivity index (χ0) is 38.1. The van der Waals surface area contributed by atoms with Crippen LogP contribution in [0.3, 0.4) is 0 Å². The molecule has 5 saturated carbocycles. The van der Waals surface area contributed by atoms with E-state index in [0.29, 0.717) is 47.6 Å². The number of hydrogen-bond acceptors (Lipinski definition) is 4. The second kappa shape index (κ2) is 13.7. The normalized spacial score (nSPS) is 39.2. The first kappa shape index (κ1) is 39.4. The number of amides is 1. The van der Waals surface area contributed by atoms with Crippen LogP contribution in [0.2, 0.25) is 5.02 Å². The van der Waals surface area contributed by atoms with Gasteiger partial charge in [-0.1, -0.05) is 90.4 Å². The fourth-order valence-electron chi connectivity index (χ4n) is 14.1. The zero-order valence-electron chi connectivity index (χ0n) is 33.3. The number of rotatable bonds is 10. The molecule has 5 aliphatic carbocycles. The molecular formula is C45H66ClNO5. The number of fused-ring (bicyclic) bond motifs is 7. The Morgan fingerprint density at radius 3 is 2.29 bits per heavy atom. The van der Waals surface area contributed by atoms with E-state index in [-0.39, 0.29) is 57.9 Å². The van der Waals surface area contributed by atoms with Crippen LogP contribution in [-0.2, 0) is 25.7 Å². The van der Waals surface area contributed by atoms with E-state index in [4.69, 9.17) is 16.3 Å². The molecule has 0 aliphatic heterocycles. The van der Waals surface area contributed by atoms with E-state index >= 15 is 0 Å². The van der Waals surface area contributed by atoms with Crippen molar-refractivity contribution in [2.45, 2.75) is 152 Å². The van der Waals surface area contributed by atoms with Gasteiger partial charge in [0.15, 0.2) is 0 Å². The van der Waals surface area contributed by atoms with E-state index in [0.717, 1.165) is 44.1 Å². The number of carboxylic acid groups (broad SMARTS) is 1. The minimum Gasteiger partial charge on any atom is -0.481 e. The van der Waals surface area contributed by atoms with Gasteiger partial charge in [-0.25, -0.2) is 0 Å². The van der Waals surface area contributed by atoms with E-state index in [2.05, 4.69) is 53.4 Å². The molecule has 288 valence electrons. The van der Waals surface area contributed by atoms with Gasteiger partial charge in [0, 0.05) is 23.4 Å². The number of esters is 1. The van der Waals surface area contributed by atoms with Crippen molar-refractivity contribution < 1.29 is 24.2 Å². The number of benzene rings is 1. The summed E-state index contributed by atoms with van der Waals surface area (Å²) in [5.41, 5.74) is 1.94. The number of halogens is 1. The van der Waals surface area contributed by atoms with Gasteiger partial charge in [-0.15, -0.1) is 0 Å². The molecule has 0 bridgehead atoms. The van der Waals surface area contributed by atoms with E-state index in [1.807, 2.05) is 38.1 Å². The molecule has 52 heavy (non-hydrogen) atoms. The summed E-state index contributed by atoms with van der Waals surface area (Å²) >= 11 is 6.43. The summed E-state index contributed by atoms with van der Waals surface area (Å²) in [7, 11) is 0. The van der Waals surface area contributed by atoms with Crippen LogP contribution in [-0.4, -0.2) is 29.1 Å². The van der Waals surface area contributed by atoms with Crippen molar-refractivity contribution in [3.63, 3.8) is 0 Å².